The summed E-state index contributed by atoms with van der Waals surface area (Å²) < 4.78 is 0. The minimum Gasteiger partial charge on any atom is -0.506 e. The van der Waals surface area contributed by atoms with Gasteiger partial charge in [-0.3, -0.25) is 38.4 Å². The summed E-state index contributed by atoms with van der Waals surface area (Å²) in [5, 5.41) is 47.3. The molecule has 10 rings (SSSR count). The summed E-state index contributed by atoms with van der Waals surface area (Å²) in [6.45, 7) is 21.1. The average molecular weight is 1470 g/mol. The second-order valence-electron chi connectivity index (χ2n) is 23.1. The van der Waals surface area contributed by atoms with Crippen LogP contribution in [0.15, 0.2) is 107 Å². The first-order chi connectivity index (χ1) is 45.6. The monoisotopic (exact) mass is 1470 g/mol. The molecule has 0 aromatic heterocycles. The molecule has 10 N–H and O–H groups in total. The Labute approximate surface area is 591 Å². The minimum atomic E-state index is -0.750. The summed E-state index contributed by atoms with van der Waals surface area (Å²) in [5.41, 5.74) is 9.44. The van der Waals surface area contributed by atoms with E-state index >= 15 is 0 Å². The van der Waals surface area contributed by atoms with Crippen molar-refractivity contribution in [3.8, 4) is 11.5 Å². The second-order valence-corrected chi connectivity index (χ2v) is 39.4. The smallest absolute Gasteiger partial charge is 0.259 e. The van der Waals surface area contributed by atoms with Crippen LogP contribution in [0.3, 0.4) is 0 Å². The molecule has 0 saturated carbocycles. The minimum absolute atomic E-state index is 0.162. The zero-order valence-electron chi connectivity index (χ0n) is 53.5. The van der Waals surface area contributed by atoms with Gasteiger partial charge in [-0.15, -0.1) is 0 Å². The number of anilines is 8. The molecule has 2 aliphatic rings. The van der Waals surface area contributed by atoms with E-state index < -0.39 is 58.8 Å². The van der Waals surface area contributed by atoms with Gasteiger partial charge >= 0.3 is 0 Å². The first-order valence-corrected chi connectivity index (χ1v) is 42.0. The molecule has 0 spiro atoms. The van der Waals surface area contributed by atoms with Gasteiger partial charge in [0.15, 0.2) is 0 Å². The molecule has 0 radical (unpaired) electrons. The Balaban J connectivity index is 1.12. The molecular weight excluding hydrogens is 1410 g/mol. The van der Waals surface area contributed by atoms with Crippen LogP contribution in [-0.4, -0.2) is 57.5 Å². The van der Waals surface area contributed by atoms with Crippen molar-refractivity contribution in [2.75, 3.05) is 42.5 Å². The van der Waals surface area contributed by atoms with Crippen LogP contribution in [0.4, 0.5) is 45.5 Å². The standard InChI is InChI=1S/C68H62N8O10S10/c1-29-13-41-57(77)42(14-29)62(80)70-50-26-54(38(10)22-34(50)6)74-66(84)46-18-32(4)20-48-60(46)88-90-92-94-96-95-93-91-89-87-59-45(65(83)73-53-25-49(69-61(41)79)33(5)21-37(53)9)17-31(3)19-47(59)67(85)75-55-27-51(35(7)23-39(55)11)71-63(81)43-15-30(2)16-44(58(43)78)64(82)72-52-28-56(76-68(48)86)40(12)24-36(52)8/h13-28,77-78H,1-12H3,(H,69,79)(H,70,80)(H,71,81)(H,72,82)(H,73,83)(H,74,84)(H,75,85)(H,76,86). The average Bonchev–Trinajstić information content (AvgIpc) is 0.806. The number of carbonyl (C=O) groups is 8. The van der Waals surface area contributed by atoms with Gasteiger partial charge in [-0.05, 0) is 323 Å². The van der Waals surface area contributed by atoms with Gasteiger partial charge in [0.25, 0.3) is 47.3 Å². The number of rotatable bonds is 0. The number of phenolic OH excluding ortho intramolecular Hbond substituents is 2. The Kier molecular flexibility index (Phi) is 22.7. The maximum Gasteiger partial charge on any atom is 0.259 e. The van der Waals surface area contributed by atoms with Crippen LogP contribution in [0.5, 0.6) is 11.5 Å². The van der Waals surface area contributed by atoms with Crippen molar-refractivity contribution in [1.29, 1.82) is 0 Å². The van der Waals surface area contributed by atoms with E-state index in [1.165, 1.54) is 124 Å². The summed E-state index contributed by atoms with van der Waals surface area (Å²) in [5.74, 6) is -6.48. The van der Waals surface area contributed by atoms with Crippen LogP contribution in [0, 0.1) is 83.1 Å². The van der Waals surface area contributed by atoms with Crippen LogP contribution in [-0.2, 0) is 0 Å². The van der Waals surface area contributed by atoms with Gasteiger partial charge in [0.2, 0.25) is 0 Å². The van der Waals surface area contributed by atoms with Crippen molar-refractivity contribution in [3.05, 3.63) is 208 Å². The van der Waals surface area contributed by atoms with E-state index in [1.807, 2.05) is 0 Å². The Morgan fingerprint density at radius 2 is 0.375 bits per heavy atom. The number of benzene rings is 8. The molecule has 96 heavy (non-hydrogen) atoms. The molecule has 2 heterocycles. The molecule has 14 bridgehead atoms. The fraction of sp³-hybridized carbons (Fsp3) is 0.176. The van der Waals surface area contributed by atoms with E-state index in [2.05, 4.69) is 42.5 Å². The summed E-state index contributed by atoms with van der Waals surface area (Å²) in [6, 6.07) is 26.0. The lowest BCUT2D eigenvalue weighted by Gasteiger charge is -2.19. The number of hydrogen-bond donors (Lipinski definition) is 10. The van der Waals surface area contributed by atoms with Gasteiger partial charge in [0, 0.05) is 55.3 Å². The third-order valence-electron chi connectivity index (χ3n) is 15.6. The highest BCUT2D eigenvalue weighted by atomic mass is 34.0. The number of phenols is 2. The molecule has 8 aromatic carbocycles. The van der Waals surface area contributed by atoms with Crippen molar-refractivity contribution < 1.29 is 48.6 Å². The molecule has 18 nitrogen and oxygen atoms in total. The van der Waals surface area contributed by atoms with Gasteiger partial charge in [-0.25, -0.2) is 0 Å². The van der Waals surface area contributed by atoms with Gasteiger partial charge in [-0.1, -0.05) is 24.3 Å². The number of carbonyl (C=O) groups excluding carboxylic acids is 8. The molecule has 0 atom stereocenters. The number of fused-ring (bicyclic) bond motifs is 21. The van der Waals surface area contributed by atoms with Gasteiger partial charge in [-0.2, -0.15) is 0 Å². The topological polar surface area (TPSA) is 273 Å². The fourth-order valence-corrected chi connectivity index (χ4v) is 33.3. The van der Waals surface area contributed by atoms with Crippen molar-refractivity contribution in [2.45, 2.75) is 92.9 Å². The van der Waals surface area contributed by atoms with Crippen LogP contribution in [0.2, 0.25) is 0 Å². The van der Waals surface area contributed by atoms with Gasteiger partial charge in [0.05, 0.1) is 44.5 Å². The van der Waals surface area contributed by atoms with Crippen molar-refractivity contribution in [3.63, 3.8) is 0 Å². The van der Waals surface area contributed by atoms with E-state index in [-0.39, 0.29) is 67.3 Å². The SMILES string of the molecule is Cc1cc2c(O)c(c1)C(=O)Nc1cc(c(C)cc1C)NC(=O)c1cc(C)cc3c1SSSSSSSSSSc1c(cc(C)cc1C(=O)Nc1cc(c(C)cc1C)NC(=O)c1cc(C)cc(c1O)C(=O)Nc1cc(c(C)cc1C)NC3=O)C(=O)Nc1cc(c(C)cc1C)NC2=O. The molecule has 494 valence electrons. The van der Waals surface area contributed by atoms with Crippen LogP contribution >= 0.6 is 100 Å². The molecule has 8 aromatic rings. The highest BCUT2D eigenvalue weighted by Crippen LogP contribution is 2.62. The molecule has 28 heteroatoms. The van der Waals surface area contributed by atoms with Crippen LogP contribution < -0.4 is 42.5 Å². The molecule has 0 unspecified atom stereocenters. The molecule has 0 saturated heterocycles. The number of aromatic hydroxyl groups is 2. The van der Waals surface area contributed by atoms with Gasteiger partial charge < -0.3 is 52.7 Å². The predicted molar refractivity (Wildman–Crippen MR) is 408 cm³/mol. The quantitative estimate of drug-likeness (QED) is 0.0632. The third-order valence-corrected chi connectivity index (χ3v) is 35.2. The zero-order valence-corrected chi connectivity index (χ0v) is 61.6. The summed E-state index contributed by atoms with van der Waals surface area (Å²) in [4.78, 5) is 118. The molecule has 8 amide bonds. The van der Waals surface area contributed by atoms with Crippen LogP contribution in [0.25, 0.3) is 0 Å². The summed E-state index contributed by atoms with van der Waals surface area (Å²) in [6.07, 6.45) is 0. The molecule has 2 aliphatic heterocycles. The fourth-order valence-electron chi connectivity index (χ4n) is 10.8. The first kappa shape index (κ1) is 71.4. The van der Waals surface area contributed by atoms with Crippen LogP contribution in [0.1, 0.15) is 150 Å². The van der Waals surface area contributed by atoms with E-state index in [0.29, 0.717) is 99.3 Å². The highest BCUT2D eigenvalue weighted by Gasteiger charge is 2.29. The van der Waals surface area contributed by atoms with E-state index in [1.54, 1.807) is 156 Å². The summed E-state index contributed by atoms with van der Waals surface area (Å²) >= 11 is 0. The number of amides is 8. The van der Waals surface area contributed by atoms with E-state index in [4.69, 9.17) is 0 Å². The number of nitrogens with one attached hydrogen (secondary N) is 8. The van der Waals surface area contributed by atoms with Crippen molar-refractivity contribution >= 4 is 193 Å². The van der Waals surface area contributed by atoms with Crippen molar-refractivity contribution in [2.24, 2.45) is 0 Å². The first-order valence-electron chi connectivity index (χ1n) is 29.2. The molecule has 0 aliphatic carbocycles. The third kappa shape index (κ3) is 16.3. The Morgan fingerprint density at radius 1 is 0.219 bits per heavy atom. The predicted octanol–water partition coefficient (Wildman–Crippen LogP) is 19.4. The Morgan fingerprint density at radius 3 is 0.562 bits per heavy atom. The second kappa shape index (κ2) is 30.6. The van der Waals surface area contributed by atoms with E-state index in [0.717, 1.165) is 0 Å². The highest BCUT2D eigenvalue weighted by molar-refractivity contribution is 9.52. The normalized spacial score (nSPS) is 14.8. The lowest BCUT2D eigenvalue weighted by atomic mass is 10.0. The maximum absolute atomic E-state index is 14.9. The Hall–Kier alpha value is -7.38. The van der Waals surface area contributed by atoms with Crippen molar-refractivity contribution in [1.82, 2.24) is 0 Å². The number of hydrogen-bond acceptors (Lipinski definition) is 20. The lowest BCUT2D eigenvalue weighted by Crippen LogP contribution is -2.20. The molecule has 0 fully saturated rings. The van der Waals surface area contributed by atoms with E-state index in [9.17, 15) is 48.6 Å². The van der Waals surface area contributed by atoms with Gasteiger partial charge in [0.1, 0.15) is 11.5 Å². The molecular formula is C68H62N8O10S10. The zero-order chi connectivity index (χ0) is 69.1. The number of aryl methyl sites for hydroxylation is 12. The lowest BCUT2D eigenvalue weighted by molar-refractivity contribution is 0.100. The maximum atomic E-state index is 14.9. The summed E-state index contributed by atoms with van der Waals surface area (Å²) in [7, 11) is 13.7. The largest absolute Gasteiger partial charge is 0.506 e. The Bertz CT molecular complexity index is 4100.